The molecular formula is C14H18N4O. The second kappa shape index (κ2) is 5.84. The zero-order valence-corrected chi connectivity index (χ0v) is 10.8. The lowest BCUT2D eigenvalue weighted by molar-refractivity contribution is 0.390. The van der Waals surface area contributed by atoms with Gasteiger partial charge in [0.15, 0.2) is 0 Å². The summed E-state index contributed by atoms with van der Waals surface area (Å²) in [5, 5.41) is 14.4. The maximum absolute atomic E-state index is 5.16. The van der Waals surface area contributed by atoms with E-state index in [1.807, 2.05) is 12.1 Å². The lowest BCUT2D eigenvalue weighted by Crippen LogP contribution is -2.31. The van der Waals surface area contributed by atoms with Crippen molar-refractivity contribution in [2.24, 2.45) is 5.92 Å². The van der Waals surface area contributed by atoms with E-state index >= 15 is 0 Å². The maximum Gasteiger partial charge on any atom is 0.247 e. The van der Waals surface area contributed by atoms with Gasteiger partial charge < -0.3 is 15.1 Å². The highest BCUT2D eigenvalue weighted by molar-refractivity contribution is 5.58. The molecule has 1 aromatic carbocycles. The Kier molecular flexibility index (Phi) is 3.74. The van der Waals surface area contributed by atoms with Crippen LogP contribution < -0.4 is 10.6 Å². The first kappa shape index (κ1) is 12.2. The summed E-state index contributed by atoms with van der Waals surface area (Å²) in [6, 6.07) is 8.11. The molecule has 0 unspecified atom stereocenters. The molecule has 1 saturated heterocycles. The first-order chi connectivity index (χ1) is 9.42. The van der Waals surface area contributed by atoms with E-state index < -0.39 is 0 Å². The smallest absolute Gasteiger partial charge is 0.247 e. The second-order valence-electron chi connectivity index (χ2n) is 4.90. The van der Waals surface area contributed by atoms with Gasteiger partial charge in [-0.3, -0.25) is 0 Å². The average Bonchev–Trinajstić information content (AvgIpc) is 3.01. The van der Waals surface area contributed by atoms with Crippen molar-refractivity contribution in [3.05, 3.63) is 30.7 Å². The minimum atomic E-state index is 0.560. The van der Waals surface area contributed by atoms with Crippen molar-refractivity contribution in [1.29, 1.82) is 0 Å². The Labute approximate surface area is 112 Å². The van der Waals surface area contributed by atoms with Crippen molar-refractivity contribution in [2.75, 3.05) is 25.0 Å². The lowest BCUT2D eigenvalue weighted by Gasteiger charge is -2.23. The number of benzene rings is 1. The van der Waals surface area contributed by atoms with Crippen LogP contribution in [0.4, 0.5) is 5.69 Å². The minimum absolute atomic E-state index is 0.560. The van der Waals surface area contributed by atoms with Crippen molar-refractivity contribution < 1.29 is 4.42 Å². The molecule has 0 radical (unpaired) electrons. The molecule has 100 valence electrons. The Hall–Kier alpha value is -1.88. The van der Waals surface area contributed by atoms with E-state index in [1.54, 1.807) is 0 Å². The molecule has 0 amide bonds. The SMILES string of the molecule is c1nnc(-c2ccc(NCC3CCNCC3)cc2)o1. The number of piperidine rings is 1. The Bertz CT molecular complexity index is 489. The largest absolute Gasteiger partial charge is 0.423 e. The van der Waals surface area contributed by atoms with Gasteiger partial charge in [0.2, 0.25) is 12.3 Å². The quantitative estimate of drug-likeness (QED) is 0.879. The predicted octanol–water partition coefficient (Wildman–Crippen LogP) is 2.15. The van der Waals surface area contributed by atoms with E-state index in [-0.39, 0.29) is 0 Å². The number of nitrogens with one attached hydrogen (secondary N) is 2. The molecule has 0 atom stereocenters. The number of anilines is 1. The molecule has 19 heavy (non-hydrogen) atoms. The molecule has 0 saturated carbocycles. The van der Waals surface area contributed by atoms with Crippen LogP contribution in [0.25, 0.3) is 11.5 Å². The summed E-state index contributed by atoms with van der Waals surface area (Å²) in [5.41, 5.74) is 2.09. The normalized spacial score (nSPS) is 16.4. The third-order valence-electron chi connectivity index (χ3n) is 3.55. The fourth-order valence-corrected chi connectivity index (χ4v) is 2.38. The van der Waals surface area contributed by atoms with Crippen molar-refractivity contribution in [3.8, 4) is 11.5 Å². The number of rotatable bonds is 4. The number of hydrogen-bond donors (Lipinski definition) is 2. The van der Waals surface area contributed by atoms with E-state index in [2.05, 4.69) is 33.0 Å². The van der Waals surface area contributed by atoms with Crippen LogP contribution in [0.2, 0.25) is 0 Å². The van der Waals surface area contributed by atoms with Crippen LogP contribution in [0.5, 0.6) is 0 Å². The van der Waals surface area contributed by atoms with E-state index in [9.17, 15) is 0 Å². The molecule has 1 aliphatic rings. The molecule has 5 heteroatoms. The van der Waals surface area contributed by atoms with Crippen LogP contribution in [0.3, 0.4) is 0 Å². The van der Waals surface area contributed by atoms with E-state index in [0.29, 0.717) is 5.89 Å². The van der Waals surface area contributed by atoms with Crippen LogP contribution in [0, 0.1) is 5.92 Å². The van der Waals surface area contributed by atoms with Crippen molar-refractivity contribution in [1.82, 2.24) is 15.5 Å². The van der Waals surface area contributed by atoms with Gasteiger partial charge in [0.1, 0.15) is 0 Å². The van der Waals surface area contributed by atoms with Gasteiger partial charge in [0.05, 0.1) is 0 Å². The summed E-state index contributed by atoms with van der Waals surface area (Å²) in [5.74, 6) is 1.33. The summed E-state index contributed by atoms with van der Waals surface area (Å²) in [7, 11) is 0. The van der Waals surface area contributed by atoms with Gasteiger partial charge >= 0.3 is 0 Å². The van der Waals surface area contributed by atoms with E-state index in [4.69, 9.17) is 4.42 Å². The second-order valence-corrected chi connectivity index (χ2v) is 4.90. The zero-order valence-electron chi connectivity index (χ0n) is 10.8. The molecule has 0 bridgehead atoms. The van der Waals surface area contributed by atoms with E-state index in [0.717, 1.165) is 36.8 Å². The molecular weight excluding hydrogens is 240 g/mol. The molecule has 0 spiro atoms. The van der Waals surface area contributed by atoms with Crippen molar-refractivity contribution >= 4 is 5.69 Å². The molecule has 1 aromatic heterocycles. The third-order valence-corrected chi connectivity index (χ3v) is 3.55. The summed E-state index contributed by atoms with van der Waals surface area (Å²) >= 11 is 0. The maximum atomic E-state index is 5.16. The summed E-state index contributed by atoms with van der Waals surface area (Å²) in [6.45, 7) is 3.33. The molecule has 2 aromatic rings. The van der Waals surface area contributed by atoms with Gasteiger partial charge in [-0.25, -0.2) is 0 Å². The Morgan fingerprint density at radius 3 is 2.68 bits per heavy atom. The summed E-state index contributed by atoms with van der Waals surface area (Å²) in [6.07, 6.45) is 3.86. The highest BCUT2D eigenvalue weighted by Gasteiger charge is 2.12. The molecule has 3 rings (SSSR count). The minimum Gasteiger partial charge on any atom is -0.423 e. The molecule has 5 nitrogen and oxygen atoms in total. The fourth-order valence-electron chi connectivity index (χ4n) is 2.38. The van der Waals surface area contributed by atoms with Crippen LogP contribution in [0.15, 0.2) is 35.1 Å². The van der Waals surface area contributed by atoms with Gasteiger partial charge in [-0.05, 0) is 56.1 Å². The molecule has 1 fully saturated rings. The molecule has 0 aliphatic carbocycles. The van der Waals surface area contributed by atoms with Crippen molar-refractivity contribution in [3.63, 3.8) is 0 Å². The van der Waals surface area contributed by atoms with E-state index in [1.165, 1.54) is 19.2 Å². The molecule has 2 N–H and O–H groups in total. The van der Waals surface area contributed by atoms with Crippen molar-refractivity contribution in [2.45, 2.75) is 12.8 Å². The average molecular weight is 258 g/mol. The van der Waals surface area contributed by atoms with Gasteiger partial charge in [-0.2, -0.15) is 0 Å². The monoisotopic (exact) mass is 258 g/mol. The van der Waals surface area contributed by atoms with Crippen LogP contribution >= 0.6 is 0 Å². The number of hydrogen-bond acceptors (Lipinski definition) is 5. The summed E-state index contributed by atoms with van der Waals surface area (Å²) in [4.78, 5) is 0. The Morgan fingerprint density at radius 1 is 1.21 bits per heavy atom. The lowest BCUT2D eigenvalue weighted by atomic mass is 9.98. The zero-order chi connectivity index (χ0) is 12.9. The topological polar surface area (TPSA) is 63.0 Å². The molecule has 1 aliphatic heterocycles. The number of aromatic nitrogens is 2. The van der Waals surface area contributed by atoms with Crippen LogP contribution in [-0.2, 0) is 0 Å². The third kappa shape index (κ3) is 3.12. The van der Waals surface area contributed by atoms with Gasteiger partial charge in [-0.15, -0.1) is 10.2 Å². The Morgan fingerprint density at radius 2 is 2.00 bits per heavy atom. The first-order valence-corrected chi connectivity index (χ1v) is 6.73. The van der Waals surface area contributed by atoms with Gasteiger partial charge in [0.25, 0.3) is 0 Å². The predicted molar refractivity (Wildman–Crippen MR) is 73.8 cm³/mol. The standard InChI is InChI=1S/C14H18N4O/c1-3-13(16-9-11-5-7-15-8-6-11)4-2-12(1)14-18-17-10-19-14/h1-4,10-11,15-16H,5-9H2. The Balaban J connectivity index is 1.57. The number of nitrogens with zero attached hydrogens (tertiary/aromatic N) is 2. The first-order valence-electron chi connectivity index (χ1n) is 6.73. The van der Waals surface area contributed by atoms with Gasteiger partial charge in [0, 0.05) is 17.8 Å². The van der Waals surface area contributed by atoms with Gasteiger partial charge in [-0.1, -0.05) is 0 Å². The fraction of sp³-hybridized carbons (Fsp3) is 0.429. The van der Waals surface area contributed by atoms with Crippen LogP contribution in [0.1, 0.15) is 12.8 Å². The van der Waals surface area contributed by atoms with Crippen LogP contribution in [-0.4, -0.2) is 29.8 Å². The highest BCUT2D eigenvalue weighted by Crippen LogP contribution is 2.19. The summed E-state index contributed by atoms with van der Waals surface area (Å²) < 4.78 is 5.16. The molecule has 2 heterocycles. The highest BCUT2D eigenvalue weighted by atomic mass is 16.4.